The molecule has 140 valence electrons. The SMILES string of the molecule is COc1ccc2cccc(CC(=O)Nc3cccc(-c4n[nH]c(C)n4)c3)c2c1. The van der Waals surface area contributed by atoms with Gasteiger partial charge in [0, 0.05) is 11.3 Å². The van der Waals surface area contributed by atoms with Gasteiger partial charge in [0.05, 0.1) is 13.5 Å². The number of aromatic amines is 1. The number of fused-ring (bicyclic) bond motifs is 1. The van der Waals surface area contributed by atoms with Gasteiger partial charge in [0.15, 0.2) is 5.82 Å². The first kappa shape index (κ1) is 17.7. The predicted octanol–water partition coefficient (Wildman–Crippen LogP) is 4.12. The van der Waals surface area contributed by atoms with Crippen molar-refractivity contribution in [2.24, 2.45) is 0 Å². The molecule has 1 aromatic heterocycles. The third-order valence-electron chi connectivity index (χ3n) is 4.53. The highest BCUT2D eigenvalue weighted by Crippen LogP contribution is 2.25. The van der Waals surface area contributed by atoms with Crippen molar-refractivity contribution >= 4 is 22.4 Å². The first-order chi connectivity index (χ1) is 13.6. The summed E-state index contributed by atoms with van der Waals surface area (Å²) in [6, 6.07) is 19.3. The Morgan fingerprint density at radius 2 is 1.96 bits per heavy atom. The molecule has 1 heterocycles. The first-order valence-electron chi connectivity index (χ1n) is 8.97. The highest BCUT2D eigenvalue weighted by atomic mass is 16.5. The normalized spacial score (nSPS) is 10.8. The van der Waals surface area contributed by atoms with Crippen molar-refractivity contribution in [3.8, 4) is 17.1 Å². The number of nitrogens with one attached hydrogen (secondary N) is 2. The third kappa shape index (κ3) is 3.71. The predicted molar refractivity (Wildman–Crippen MR) is 109 cm³/mol. The number of H-pyrrole nitrogens is 1. The summed E-state index contributed by atoms with van der Waals surface area (Å²) in [5, 5.41) is 12.0. The number of carbonyl (C=O) groups excluding carboxylic acids is 1. The van der Waals surface area contributed by atoms with E-state index < -0.39 is 0 Å². The van der Waals surface area contributed by atoms with Gasteiger partial charge in [0.2, 0.25) is 5.91 Å². The molecule has 0 bridgehead atoms. The molecule has 0 saturated heterocycles. The van der Waals surface area contributed by atoms with Gasteiger partial charge in [-0.15, -0.1) is 0 Å². The minimum atomic E-state index is -0.0846. The van der Waals surface area contributed by atoms with Gasteiger partial charge in [0.1, 0.15) is 11.6 Å². The van der Waals surface area contributed by atoms with Crippen LogP contribution in [0.4, 0.5) is 5.69 Å². The van der Waals surface area contributed by atoms with Crippen molar-refractivity contribution in [3.05, 3.63) is 72.1 Å². The summed E-state index contributed by atoms with van der Waals surface area (Å²) in [6.07, 6.45) is 0.272. The monoisotopic (exact) mass is 372 g/mol. The summed E-state index contributed by atoms with van der Waals surface area (Å²) >= 11 is 0. The Bertz CT molecular complexity index is 1150. The lowest BCUT2D eigenvalue weighted by Gasteiger charge is -2.10. The standard InChI is InChI=1S/C22H20N4O2/c1-14-23-22(26-25-14)17-7-4-8-18(11-17)24-21(27)12-16-6-3-5-15-9-10-19(28-2)13-20(15)16/h3-11,13H,12H2,1-2H3,(H,24,27)(H,23,25,26). The number of nitrogens with zero attached hydrogens (tertiary/aromatic N) is 2. The van der Waals surface area contributed by atoms with Gasteiger partial charge in [-0.25, -0.2) is 4.98 Å². The summed E-state index contributed by atoms with van der Waals surface area (Å²) < 4.78 is 5.32. The largest absolute Gasteiger partial charge is 0.497 e. The Morgan fingerprint density at radius 3 is 2.75 bits per heavy atom. The summed E-state index contributed by atoms with van der Waals surface area (Å²) in [5.41, 5.74) is 2.51. The van der Waals surface area contributed by atoms with Crippen molar-refractivity contribution in [2.75, 3.05) is 12.4 Å². The molecular formula is C22H20N4O2. The summed E-state index contributed by atoms with van der Waals surface area (Å²) in [7, 11) is 1.64. The molecule has 4 rings (SSSR count). The van der Waals surface area contributed by atoms with Crippen LogP contribution in [0.15, 0.2) is 60.7 Å². The van der Waals surface area contributed by atoms with Gasteiger partial charge in [-0.1, -0.05) is 36.4 Å². The fourth-order valence-corrected chi connectivity index (χ4v) is 3.18. The van der Waals surface area contributed by atoms with E-state index in [1.807, 2.05) is 67.6 Å². The maximum Gasteiger partial charge on any atom is 0.228 e. The zero-order valence-electron chi connectivity index (χ0n) is 15.7. The van der Waals surface area contributed by atoms with Crippen LogP contribution in [0, 0.1) is 6.92 Å². The number of amides is 1. The molecule has 0 unspecified atom stereocenters. The highest BCUT2D eigenvalue weighted by Gasteiger charge is 2.10. The topological polar surface area (TPSA) is 79.9 Å². The fourth-order valence-electron chi connectivity index (χ4n) is 3.18. The van der Waals surface area contributed by atoms with Crippen molar-refractivity contribution in [1.29, 1.82) is 0 Å². The highest BCUT2D eigenvalue weighted by molar-refractivity contribution is 5.96. The lowest BCUT2D eigenvalue weighted by Crippen LogP contribution is -2.14. The average Bonchev–Trinajstić information content (AvgIpc) is 3.14. The molecule has 0 aliphatic heterocycles. The van der Waals surface area contributed by atoms with E-state index in [0.717, 1.165) is 33.5 Å². The first-order valence-corrected chi connectivity index (χ1v) is 8.97. The lowest BCUT2D eigenvalue weighted by molar-refractivity contribution is -0.115. The fraction of sp³-hybridized carbons (Fsp3) is 0.136. The van der Waals surface area contributed by atoms with E-state index >= 15 is 0 Å². The molecule has 0 radical (unpaired) electrons. The molecule has 1 amide bonds. The Morgan fingerprint density at radius 1 is 1.11 bits per heavy atom. The minimum absolute atomic E-state index is 0.0846. The van der Waals surface area contributed by atoms with E-state index in [1.54, 1.807) is 7.11 Å². The van der Waals surface area contributed by atoms with Gasteiger partial charge < -0.3 is 10.1 Å². The number of carbonyl (C=O) groups is 1. The summed E-state index contributed by atoms with van der Waals surface area (Å²) in [4.78, 5) is 17.0. The number of hydrogen-bond donors (Lipinski definition) is 2. The van der Waals surface area contributed by atoms with Crippen LogP contribution in [-0.4, -0.2) is 28.2 Å². The number of aromatic nitrogens is 3. The number of aryl methyl sites for hydroxylation is 1. The van der Waals surface area contributed by atoms with Crippen LogP contribution in [-0.2, 0) is 11.2 Å². The Kier molecular flexibility index (Phi) is 4.76. The van der Waals surface area contributed by atoms with Crippen LogP contribution in [0.5, 0.6) is 5.75 Å². The van der Waals surface area contributed by atoms with E-state index in [0.29, 0.717) is 11.5 Å². The number of benzene rings is 3. The maximum atomic E-state index is 12.7. The Labute approximate surface area is 162 Å². The quantitative estimate of drug-likeness (QED) is 0.552. The van der Waals surface area contributed by atoms with E-state index in [1.165, 1.54) is 0 Å². The zero-order valence-corrected chi connectivity index (χ0v) is 15.7. The minimum Gasteiger partial charge on any atom is -0.497 e. The second kappa shape index (κ2) is 7.52. The second-order valence-electron chi connectivity index (χ2n) is 6.55. The molecule has 6 nitrogen and oxygen atoms in total. The van der Waals surface area contributed by atoms with Crippen LogP contribution in [0.1, 0.15) is 11.4 Å². The smallest absolute Gasteiger partial charge is 0.228 e. The molecular weight excluding hydrogens is 352 g/mol. The van der Waals surface area contributed by atoms with Crippen molar-refractivity contribution < 1.29 is 9.53 Å². The lowest BCUT2D eigenvalue weighted by atomic mass is 10.0. The molecule has 0 aliphatic carbocycles. The van der Waals surface area contributed by atoms with Crippen molar-refractivity contribution in [3.63, 3.8) is 0 Å². The van der Waals surface area contributed by atoms with E-state index in [-0.39, 0.29) is 12.3 Å². The van der Waals surface area contributed by atoms with Gasteiger partial charge in [-0.3, -0.25) is 9.89 Å². The van der Waals surface area contributed by atoms with Crippen molar-refractivity contribution in [1.82, 2.24) is 15.2 Å². The molecule has 4 aromatic rings. The van der Waals surface area contributed by atoms with Crippen LogP contribution in [0.3, 0.4) is 0 Å². The molecule has 28 heavy (non-hydrogen) atoms. The van der Waals surface area contributed by atoms with E-state index in [2.05, 4.69) is 20.5 Å². The second-order valence-corrected chi connectivity index (χ2v) is 6.55. The van der Waals surface area contributed by atoms with Crippen molar-refractivity contribution in [2.45, 2.75) is 13.3 Å². The van der Waals surface area contributed by atoms with Gasteiger partial charge in [-0.2, -0.15) is 5.10 Å². The average molecular weight is 372 g/mol. The summed E-state index contributed by atoms with van der Waals surface area (Å²) in [5.74, 6) is 2.04. The molecule has 0 fully saturated rings. The van der Waals surface area contributed by atoms with E-state index in [4.69, 9.17) is 4.74 Å². The number of anilines is 1. The molecule has 2 N–H and O–H groups in total. The molecule has 0 spiro atoms. The number of methoxy groups -OCH3 is 1. The molecule has 0 atom stereocenters. The molecule has 0 saturated carbocycles. The number of ether oxygens (including phenoxy) is 1. The summed E-state index contributed by atoms with van der Waals surface area (Å²) in [6.45, 7) is 1.85. The molecule has 0 aliphatic rings. The molecule has 6 heteroatoms. The van der Waals surface area contributed by atoms with Gasteiger partial charge in [0.25, 0.3) is 0 Å². The maximum absolute atomic E-state index is 12.7. The Balaban J connectivity index is 1.54. The van der Waals surface area contributed by atoms with Gasteiger partial charge >= 0.3 is 0 Å². The van der Waals surface area contributed by atoms with Crippen LogP contribution < -0.4 is 10.1 Å². The molecule has 3 aromatic carbocycles. The van der Waals surface area contributed by atoms with Crippen LogP contribution in [0.25, 0.3) is 22.2 Å². The van der Waals surface area contributed by atoms with E-state index in [9.17, 15) is 4.79 Å². The zero-order chi connectivity index (χ0) is 19.5. The third-order valence-corrected chi connectivity index (χ3v) is 4.53. The van der Waals surface area contributed by atoms with Crippen LogP contribution >= 0.6 is 0 Å². The number of rotatable bonds is 5. The Hall–Kier alpha value is -3.67. The van der Waals surface area contributed by atoms with Gasteiger partial charge in [-0.05, 0) is 47.5 Å². The van der Waals surface area contributed by atoms with Crippen LogP contribution in [0.2, 0.25) is 0 Å². The number of hydrogen-bond acceptors (Lipinski definition) is 4.